The van der Waals surface area contributed by atoms with Crippen molar-refractivity contribution < 1.29 is 14.6 Å². The molecule has 0 aliphatic heterocycles. The summed E-state index contributed by atoms with van der Waals surface area (Å²) in [5.41, 5.74) is 1.30. The molecule has 0 aromatic carbocycles. The summed E-state index contributed by atoms with van der Waals surface area (Å²) in [5, 5.41) is 8.88. The Morgan fingerprint density at radius 3 is 2.71 bits per heavy atom. The van der Waals surface area contributed by atoms with Crippen LogP contribution in [0.1, 0.15) is 21.7 Å². The van der Waals surface area contributed by atoms with Crippen LogP contribution < -0.4 is 0 Å². The van der Waals surface area contributed by atoms with Crippen LogP contribution in [0.25, 0.3) is 0 Å². The highest BCUT2D eigenvalue weighted by Crippen LogP contribution is 2.09. The zero-order valence-corrected chi connectivity index (χ0v) is 8.41. The van der Waals surface area contributed by atoms with Gasteiger partial charge in [0.1, 0.15) is 0 Å². The van der Waals surface area contributed by atoms with E-state index in [0.717, 1.165) is 0 Å². The molecule has 0 atom stereocenters. The van der Waals surface area contributed by atoms with Crippen LogP contribution in [-0.4, -0.2) is 23.2 Å². The largest absolute Gasteiger partial charge is 0.465 e. The first kappa shape index (κ1) is 10.9. The second-order valence-electron chi connectivity index (χ2n) is 2.62. The molecule has 1 N–H and O–H groups in total. The van der Waals surface area contributed by atoms with Gasteiger partial charge in [-0.25, -0.2) is 4.79 Å². The number of aromatic nitrogens is 1. The number of carbonyl (C=O) groups is 1. The number of nitrogens with zero attached hydrogens (tertiary/aromatic N) is 1. The van der Waals surface area contributed by atoms with E-state index in [9.17, 15) is 4.79 Å². The predicted molar refractivity (Wildman–Crippen MR) is 51.1 cm³/mol. The van der Waals surface area contributed by atoms with Crippen LogP contribution in [0, 0.1) is 0 Å². The standard InChI is InChI=1S/C9H10ClNO3/c1-14-9(13)6-2-7(4-10)11-8(3-6)5-12/h2-3,12H,4-5H2,1H3. The Bertz CT molecular complexity index is 319. The molecule has 0 aliphatic rings. The van der Waals surface area contributed by atoms with Crippen molar-refractivity contribution in [3.63, 3.8) is 0 Å². The van der Waals surface area contributed by atoms with Crippen molar-refractivity contribution >= 4 is 17.6 Å². The van der Waals surface area contributed by atoms with Crippen LogP contribution in [0.4, 0.5) is 0 Å². The number of hydrogen-bond acceptors (Lipinski definition) is 4. The van der Waals surface area contributed by atoms with Gasteiger partial charge in [0, 0.05) is 0 Å². The summed E-state index contributed by atoms with van der Waals surface area (Å²) in [7, 11) is 1.29. The summed E-state index contributed by atoms with van der Waals surface area (Å²) < 4.78 is 4.54. The number of pyridine rings is 1. The van der Waals surface area contributed by atoms with E-state index in [1.807, 2.05) is 0 Å². The van der Waals surface area contributed by atoms with Crippen LogP contribution in [0.2, 0.25) is 0 Å². The molecule has 0 bridgehead atoms. The van der Waals surface area contributed by atoms with Gasteiger partial charge in [0.25, 0.3) is 0 Å². The lowest BCUT2D eigenvalue weighted by Crippen LogP contribution is -2.05. The third-order valence-corrected chi connectivity index (χ3v) is 1.93. The van der Waals surface area contributed by atoms with Gasteiger partial charge in [-0.2, -0.15) is 0 Å². The second kappa shape index (κ2) is 4.93. The SMILES string of the molecule is COC(=O)c1cc(CO)nc(CCl)c1. The summed E-state index contributed by atoms with van der Waals surface area (Å²) in [6.07, 6.45) is 0. The lowest BCUT2D eigenvalue weighted by atomic mass is 10.2. The average molecular weight is 216 g/mol. The summed E-state index contributed by atoms with van der Waals surface area (Å²) in [5.74, 6) is -0.272. The number of methoxy groups -OCH3 is 1. The molecular formula is C9H10ClNO3. The van der Waals surface area contributed by atoms with Gasteiger partial charge < -0.3 is 9.84 Å². The zero-order valence-electron chi connectivity index (χ0n) is 7.66. The lowest BCUT2D eigenvalue weighted by molar-refractivity contribution is 0.0600. The Balaban J connectivity index is 3.10. The molecule has 0 aliphatic carbocycles. The first-order chi connectivity index (χ1) is 6.71. The highest BCUT2D eigenvalue weighted by Gasteiger charge is 2.08. The molecule has 0 radical (unpaired) electrons. The Morgan fingerprint density at radius 2 is 2.21 bits per heavy atom. The summed E-state index contributed by atoms with van der Waals surface area (Å²) >= 11 is 5.58. The number of halogens is 1. The highest BCUT2D eigenvalue weighted by molar-refractivity contribution is 6.16. The Hall–Kier alpha value is -1.13. The van der Waals surface area contributed by atoms with Gasteiger partial charge in [-0.1, -0.05) is 0 Å². The summed E-state index contributed by atoms with van der Waals surface area (Å²) in [6, 6.07) is 3.01. The number of rotatable bonds is 3. The van der Waals surface area contributed by atoms with E-state index in [2.05, 4.69) is 9.72 Å². The van der Waals surface area contributed by atoms with Crippen LogP contribution in [0.15, 0.2) is 12.1 Å². The van der Waals surface area contributed by atoms with Gasteiger partial charge >= 0.3 is 5.97 Å². The van der Waals surface area contributed by atoms with Gasteiger partial charge in [0.15, 0.2) is 0 Å². The minimum atomic E-state index is -0.464. The van der Waals surface area contributed by atoms with Gasteiger partial charge in [-0.15, -0.1) is 11.6 Å². The molecule has 1 aromatic rings. The number of aliphatic hydroxyl groups excluding tert-OH is 1. The lowest BCUT2D eigenvalue weighted by Gasteiger charge is -2.03. The van der Waals surface area contributed by atoms with Crippen LogP contribution >= 0.6 is 11.6 Å². The number of alkyl halides is 1. The fourth-order valence-corrected chi connectivity index (χ4v) is 1.17. The molecule has 1 rings (SSSR count). The highest BCUT2D eigenvalue weighted by atomic mass is 35.5. The Kier molecular flexibility index (Phi) is 3.85. The molecular weight excluding hydrogens is 206 g/mol. The number of ether oxygens (including phenoxy) is 1. The smallest absolute Gasteiger partial charge is 0.337 e. The summed E-state index contributed by atoms with van der Waals surface area (Å²) in [4.78, 5) is 15.2. The van der Waals surface area contributed by atoms with E-state index >= 15 is 0 Å². The van der Waals surface area contributed by atoms with E-state index in [-0.39, 0.29) is 12.5 Å². The van der Waals surface area contributed by atoms with Crippen molar-refractivity contribution in [3.05, 3.63) is 29.1 Å². The molecule has 0 spiro atoms. The van der Waals surface area contributed by atoms with E-state index in [4.69, 9.17) is 16.7 Å². The monoisotopic (exact) mass is 215 g/mol. The molecule has 0 saturated carbocycles. The van der Waals surface area contributed by atoms with E-state index in [0.29, 0.717) is 17.0 Å². The first-order valence-corrected chi connectivity index (χ1v) is 4.49. The topological polar surface area (TPSA) is 59.4 Å². The van der Waals surface area contributed by atoms with Gasteiger partial charge in [0.05, 0.1) is 36.5 Å². The molecule has 0 fully saturated rings. The van der Waals surface area contributed by atoms with Crippen LogP contribution in [-0.2, 0) is 17.2 Å². The third-order valence-electron chi connectivity index (χ3n) is 1.65. The van der Waals surface area contributed by atoms with Crippen molar-refractivity contribution in [1.29, 1.82) is 0 Å². The predicted octanol–water partition coefficient (Wildman–Crippen LogP) is 1.10. The van der Waals surface area contributed by atoms with Crippen LogP contribution in [0.5, 0.6) is 0 Å². The van der Waals surface area contributed by atoms with Crippen molar-refractivity contribution in [1.82, 2.24) is 4.98 Å². The van der Waals surface area contributed by atoms with E-state index < -0.39 is 5.97 Å². The zero-order chi connectivity index (χ0) is 10.6. The molecule has 4 nitrogen and oxygen atoms in total. The summed E-state index contributed by atoms with van der Waals surface area (Å²) in [6.45, 7) is -0.227. The van der Waals surface area contributed by atoms with Crippen molar-refractivity contribution in [2.45, 2.75) is 12.5 Å². The van der Waals surface area contributed by atoms with E-state index in [1.165, 1.54) is 19.2 Å². The fraction of sp³-hybridized carbons (Fsp3) is 0.333. The number of hydrogen-bond donors (Lipinski definition) is 1. The van der Waals surface area contributed by atoms with Crippen molar-refractivity contribution in [2.75, 3.05) is 7.11 Å². The maximum Gasteiger partial charge on any atom is 0.337 e. The number of carbonyl (C=O) groups excluding carboxylic acids is 1. The maximum atomic E-state index is 11.2. The third kappa shape index (κ3) is 2.43. The molecule has 0 unspecified atom stereocenters. The normalized spacial score (nSPS) is 9.93. The molecule has 0 saturated heterocycles. The second-order valence-corrected chi connectivity index (χ2v) is 2.89. The minimum absolute atomic E-state index is 0.192. The molecule has 76 valence electrons. The van der Waals surface area contributed by atoms with Gasteiger partial charge in [0.2, 0.25) is 0 Å². The molecule has 14 heavy (non-hydrogen) atoms. The average Bonchev–Trinajstić information content (AvgIpc) is 2.27. The van der Waals surface area contributed by atoms with Crippen molar-refractivity contribution in [2.24, 2.45) is 0 Å². The van der Waals surface area contributed by atoms with Crippen molar-refractivity contribution in [3.8, 4) is 0 Å². The molecule has 5 heteroatoms. The van der Waals surface area contributed by atoms with Gasteiger partial charge in [-0.3, -0.25) is 4.98 Å². The van der Waals surface area contributed by atoms with Crippen LogP contribution in [0.3, 0.4) is 0 Å². The van der Waals surface area contributed by atoms with Gasteiger partial charge in [-0.05, 0) is 12.1 Å². The molecule has 1 heterocycles. The van der Waals surface area contributed by atoms with E-state index in [1.54, 1.807) is 0 Å². The maximum absolute atomic E-state index is 11.2. The number of esters is 1. The number of aliphatic hydroxyl groups is 1. The molecule has 1 aromatic heterocycles. The quantitative estimate of drug-likeness (QED) is 0.606. The molecule has 0 amide bonds. The fourth-order valence-electron chi connectivity index (χ4n) is 1.03. The Labute approximate surface area is 86.5 Å². The minimum Gasteiger partial charge on any atom is -0.465 e. The first-order valence-electron chi connectivity index (χ1n) is 3.96. The Morgan fingerprint density at radius 1 is 1.57 bits per heavy atom.